The quantitative estimate of drug-likeness (QED) is 0.839. The van der Waals surface area contributed by atoms with Crippen molar-refractivity contribution in [3.63, 3.8) is 0 Å². The number of rotatable bonds is 3. The Bertz CT molecular complexity index is 342. The summed E-state index contributed by atoms with van der Waals surface area (Å²) in [5.74, 6) is 2.91. The van der Waals surface area contributed by atoms with E-state index in [1.807, 2.05) is 0 Å². The normalized spacial score (nSPS) is 29.9. The van der Waals surface area contributed by atoms with Gasteiger partial charge in [0.2, 0.25) is 0 Å². The van der Waals surface area contributed by atoms with Crippen LogP contribution in [0.4, 0.5) is 0 Å². The summed E-state index contributed by atoms with van der Waals surface area (Å²) in [6.07, 6.45) is 7.15. The van der Waals surface area contributed by atoms with Gasteiger partial charge < -0.3 is 5.32 Å². The van der Waals surface area contributed by atoms with Crippen molar-refractivity contribution in [2.24, 2.45) is 17.8 Å². The molecule has 1 aromatic rings. The topological polar surface area (TPSA) is 12.0 Å². The highest BCUT2D eigenvalue weighted by Crippen LogP contribution is 2.40. The fraction of sp³-hybridized carbons (Fsp3) is 0.625. The van der Waals surface area contributed by atoms with Gasteiger partial charge in [-0.2, -0.15) is 0 Å². The van der Waals surface area contributed by atoms with Crippen molar-refractivity contribution in [2.45, 2.75) is 32.1 Å². The van der Waals surface area contributed by atoms with E-state index in [0.29, 0.717) is 0 Å². The largest absolute Gasteiger partial charge is 0.316 e. The molecule has 2 unspecified atom stereocenters. The molecule has 1 heterocycles. The molecule has 2 fully saturated rings. The van der Waals surface area contributed by atoms with Gasteiger partial charge in [0.05, 0.1) is 0 Å². The average Bonchev–Trinajstić information content (AvgIpc) is 2.31. The van der Waals surface area contributed by atoms with Gasteiger partial charge in [0.25, 0.3) is 0 Å². The van der Waals surface area contributed by atoms with Gasteiger partial charge >= 0.3 is 0 Å². The number of hydrogen-bond acceptors (Lipinski definition) is 1. The zero-order chi connectivity index (χ0) is 11.5. The lowest BCUT2D eigenvalue weighted by atomic mass is 9.67. The van der Waals surface area contributed by atoms with E-state index in [0.717, 1.165) is 17.8 Å². The fourth-order valence-corrected chi connectivity index (χ4v) is 3.57. The highest BCUT2D eigenvalue weighted by Gasteiger charge is 2.34. The Balaban J connectivity index is 1.66. The zero-order valence-electron chi connectivity index (χ0n) is 10.6. The lowest BCUT2D eigenvalue weighted by molar-refractivity contribution is 0.111. The lowest BCUT2D eigenvalue weighted by Gasteiger charge is -2.42. The van der Waals surface area contributed by atoms with E-state index in [9.17, 15) is 0 Å². The van der Waals surface area contributed by atoms with Gasteiger partial charge in [0.15, 0.2) is 0 Å². The van der Waals surface area contributed by atoms with Crippen molar-refractivity contribution in [1.29, 1.82) is 0 Å². The Morgan fingerprint density at radius 3 is 2.59 bits per heavy atom. The fourth-order valence-electron chi connectivity index (χ4n) is 3.57. The number of nitrogens with one attached hydrogen (secondary N) is 1. The zero-order valence-corrected chi connectivity index (χ0v) is 10.6. The average molecular weight is 229 g/mol. The van der Waals surface area contributed by atoms with Crippen molar-refractivity contribution >= 4 is 0 Å². The predicted octanol–water partition coefficient (Wildman–Crippen LogP) is 3.25. The van der Waals surface area contributed by atoms with Crippen LogP contribution in [0.1, 0.15) is 31.2 Å². The Morgan fingerprint density at radius 2 is 1.88 bits per heavy atom. The van der Waals surface area contributed by atoms with Crippen molar-refractivity contribution in [2.75, 3.05) is 13.1 Å². The molecule has 0 bridgehead atoms. The maximum Gasteiger partial charge on any atom is -0.00146 e. The molecule has 0 radical (unpaired) electrons. The summed E-state index contributed by atoms with van der Waals surface area (Å²) < 4.78 is 0. The monoisotopic (exact) mass is 229 g/mol. The van der Waals surface area contributed by atoms with E-state index >= 15 is 0 Å². The summed E-state index contributed by atoms with van der Waals surface area (Å²) in [6, 6.07) is 11.0. The molecule has 2 aliphatic rings. The molecule has 1 heteroatoms. The second-order valence-electron chi connectivity index (χ2n) is 5.80. The molecule has 92 valence electrons. The molecule has 17 heavy (non-hydrogen) atoms. The van der Waals surface area contributed by atoms with E-state index in [-0.39, 0.29) is 0 Å². The van der Waals surface area contributed by atoms with Gasteiger partial charge in [0.1, 0.15) is 0 Å². The van der Waals surface area contributed by atoms with Crippen LogP contribution in [0, 0.1) is 17.8 Å². The van der Waals surface area contributed by atoms with Gasteiger partial charge in [-0.05, 0) is 49.2 Å². The third-order valence-corrected chi connectivity index (χ3v) is 4.76. The molecule has 3 rings (SSSR count). The van der Waals surface area contributed by atoms with E-state index in [2.05, 4.69) is 35.6 Å². The summed E-state index contributed by atoms with van der Waals surface area (Å²) in [5, 5.41) is 3.59. The summed E-state index contributed by atoms with van der Waals surface area (Å²) in [7, 11) is 0. The maximum atomic E-state index is 3.59. The van der Waals surface area contributed by atoms with E-state index in [1.54, 1.807) is 0 Å². The van der Waals surface area contributed by atoms with Crippen LogP contribution < -0.4 is 5.32 Å². The van der Waals surface area contributed by atoms with Crippen molar-refractivity contribution < 1.29 is 0 Å². The molecule has 2 atom stereocenters. The molecule has 1 saturated heterocycles. The first kappa shape index (κ1) is 11.3. The van der Waals surface area contributed by atoms with Gasteiger partial charge in [0, 0.05) is 0 Å². The highest BCUT2D eigenvalue weighted by atomic mass is 14.9. The van der Waals surface area contributed by atoms with Crippen LogP contribution in [0.2, 0.25) is 0 Å². The van der Waals surface area contributed by atoms with Crippen molar-refractivity contribution in [3.05, 3.63) is 35.9 Å². The number of hydrogen-bond donors (Lipinski definition) is 1. The van der Waals surface area contributed by atoms with Gasteiger partial charge in [-0.25, -0.2) is 0 Å². The van der Waals surface area contributed by atoms with Gasteiger partial charge in [-0.15, -0.1) is 0 Å². The minimum absolute atomic E-state index is 0.872. The molecule has 1 aliphatic heterocycles. The molecular formula is C16H23N. The van der Waals surface area contributed by atoms with Crippen LogP contribution >= 0.6 is 0 Å². The van der Waals surface area contributed by atoms with Crippen LogP contribution in [0.3, 0.4) is 0 Å². The minimum atomic E-state index is 0.872. The predicted molar refractivity (Wildman–Crippen MR) is 72.0 cm³/mol. The number of piperidine rings is 1. The molecule has 0 spiro atoms. The molecule has 1 nitrogen and oxygen atoms in total. The van der Waals surface area contributed by atoms with Crippen LogP contribution in [-0.4, -0.2) is 13.1 Å². The second kappa shape index (κ2) is 5.22. The molecular weight excluding hydrogens is 206 g/mol. The summed E-state index contributed by atoms with van der Waals surface area (Å²) in [5.41, 5.74) is 1.52. The van der Waals surface area contributed by atoms with Crippen LogP contribution in [0.5, 0.6) is 0 Å². The molecule has 1 saturated carbocycles. The SMILES string of the molecule is c1ccc(CC2CNCCC2C2CCC2)cc1. The summed E-state index contributed by atoms with van der Waals surface area (Å²) in [6.45, 7) is 2.47. The maximum absolute atomic E-state index is 3.59. The second-order valence-corrected chi connectivity index (χ2v) is 5.80. The number of benzene rings is 1. The first-order chi connectivity index (χ1) is 8.43. The Labute approximate surface area is 105 Å². The lowest BCUT2D eigenvalue weighted by Crippen LogP contribution is -2.42. The van der Waals surface area contributed by atoms with E-state index in [1.165, 1.54) is 50.8 Å². The van der Waals surface area contributed by atoms with Crippen LogP contribution in [0.15, 0.2) is 30.3 Å². The molecule has 1 aromatic carbocycles. The molecule has 0 amide bonds. The standard InChI is InChI=1S/C16H23N/c1-2-5-13(6-3-1)11-15-12-17-10-9-16(15)14-7-4-8-14/h1-3,5-6,14-17H,4,7-12H2. The Kier molecular flexibility index (Phi) is 3.46. The van der Waals surface area contributed by atoms with Gasteiger partial charge in [-0.3, -0.25) is 0 Å². The van der Waals surface area contributed by atoms with Crippen LogP contribution in [-0.2, 0) is 6.42 Å². The Morgan fingerprint density at radius 1 is 1.06 bits per heavy atom. The summed E-state index contributed by atoms with van der Waals surface area (Å²) in [4.78, 5) is 0. The summed E-state index contributed by atoms with van der Waals surface area (Å²) >= 11 is 0. The third-order valence-electron chi connectivity index (χ3n) is 4.76. The van der Waals surface area contributed by atoms with Gasteiger partial charge in [-0.1, -0.05) is 49.6 Å². The van der Waals surface area contributed by atoms with Crippen molar-refractivity contribution in [3.8, 4) is 0 Å². The highest BCUT2D eigenvalue weighted by molar-refractivity contribution is 5.15. The first-order valence-electron chi connectivity index (χ1n) is 7.18. The molecule has 1 aliphatic carbocycles. The van der Waals surface area contributed by atoms with Crippen molar-refractivity contribution in [1.82, 2.24) is 5.32 Å². The molecule has 0 aromatic heterocycles. The van der Waals surface area contributed by atoms with Crippen LogP contribution in [0.25, 0.3) is 0 Å². The smallest absolute Gasteiger partial charge is 0.00146 e. The third kappa shape index (κ3) is 2.55. The first-order valence-corrected chi connectivity index (χ1v) is 7.18. The molecule has 1 N–H and O–H groups in total. The minimum Gasteiger partial charge on any atom is -0.316 e. The van der Waals surface area contributed by atoms with E-state index < -0.39 is 0 Å². The van der Waals surface area contributed by atoms with E-state index in [4.69, 9.17) is 0 Å². The Hall–Kier alpha value is -0.820.